The SMILES string of the molecule is Cc1cc(N2CC3CC2CN3C(=O)OC(C)(C)C)ccc1C(=O)/C=C/N(C)C. The van der Waals surface area contributed by atoms with Crippen LogP contribution in [0.5, 0.6) is 0 Å². The number of nitrogens with zero attached hydrogens (tertiary/aromatic N) is 3. The van der Waals surface area contributed by atoms with Crippen LogP contribution in [0.3, 0.4) is 0 Å². The number of allylic oxidation sites excluding steroid dienone is 1. The molecule has 6 nitrogen and oxygen atoms in total. The highest BCUT2D eigenvalue weighted by Gasteiger charge is 2.46. The van der Waals surface area contributed by atoms with Crippen molar-refractivity contribution in [2.45, 2.75) is 51.8 Å². The van der Waals surface area contributed by atoms with Crippen LogP contribution in [0.15, 0.2) is 30.5 Å². The van der Waals surface area contributed by atoms with Gasteiger partial charge in [0.05, 0.1) is 6.04 Å². The van der Waals surface area contributed by atoms with Crippen molar-refractivity contribution in [2.75, 3.05) is 32.1 Å². The van der Waals surface area contributed by atoms with Gasteiger partial charge in [0.2, 0.25) is 0 Å². The first-order valence-corrected chi connectivity index (χ1v) is 9.81. The lowest BCUT2D eigenvalue weighted by atomic mass is 10.0. The largest absolute Gasteiger partial charge is 0.444 e. The maximum absolute atomic E-state index is 12.4. The first-order chi connectivity index (χ1) is 13.0. The van der Waals surface area contributed by atoms with Crippen molar-refractivity contribution in [3.63, 3.8) is 0 Å². The molecule has 1 aromatic carbocycles. The number of hydrogen-bond donors (Lipinski definition) is 0. The summed E-state index contributed by atoms with van der Waals surface area (Å²) in [6.45, 7) is 9.14. The lowest BCUT2D eigenvalue weighted by molar-refractivity contribution is 0.0214. The zero-order valence-electron chi connectivity index (χ0n) is 17.7. The number of rotatable bonds is 4. The summed E-state index contributed by atoms with van der Waals surface area (Å²) in [4.78, 5) is 30.9. The van der Waals surface area contributed by atoms with Gasteiger partial charge in [-0.3, -0.25) is 4.79 Å². The van der Waals surface area contributed by atoms with E-state index in [1.807, 2.05) is 63.7 Å². The highest BCUT2D eigenvalue weighted by Crippen LogP contribution is 2.36. The van der Waals surface area contributed by atoms with Crippen LogP contribution in [0.4, 0.5) is 10.5 Å². The van der Waals surface area contributed by atoms with E-state index in [1.54, 1.807) is 12.3 Å². The van der Waals surface area contributed by atoms with Gasteiger partial charge in [0, 0.05) is 56.8 Å². The standard InChI is InChI=1S/C22H31N3O3/c1-15-11-16(7-8-19(15)20(26)9-10-23(5)6)24-13-18-12-17(24)14-25(18)21(27)28-22(2,3)4/h7-11,17-18H,12-14H2,1-6H3/b10-9+. The topological polar surface area (TPSA) is 53.1 Å². The molecule has 6 heteroatoms. The van der Waals surface area contributed by atoms with Crippen LogP contribution < -0.4 is 4.90 Å². The van der Waals surface area contributed by atoms with E-state index in [0.29, 0.717) is 12.6 Å². The van der Waals surface area contributed by atoms with Gasteiger partial charge in [-0.1, -0.05) is 0 Å². The zero-order chi connectivity index (χ0) is 20.6. The molecule has 0 aliphatic carbocycles. The zero-order valence-corrected chi connectivity index (χ0v) is 17.7. The molecule has 2 aliphatic rings. The molecule has 0 aromatic heterocycles. The van der Waals surface area contributed by atoms with Crippen LogP contribution in [-0.2, 0) is 4.74 Å². The van der Waals surface area contributed by atoms with Crippen molar-refractivity contribution in [3.05, 3.63) is 41.6 Å². The lowest BCUT2D eigenvalue weighted by Gasteiger charge is -2.36. The number of carbonyl (C=O) groups excluding carboxylic acids is 2. The maximum atomic E-state index is 12.4. The third kappa shape index (κ3) is 4.32. The third-order valence-corrected chi connectivity index (χ3v) is 5.20. The molecule has 28 heavy (non-hydrogen) atoms. The van der Waals surface area contributed by atoms with Crippen molar-refractivity contribution < 1.29 is 14.3 Å². The Kier molecular flexibility index (Phi) is 5.41. The highest BCUT2D eigenvalue weighted by atomic mass is 16.6. The van der Waals surface area contributed by atoms with E-state index in [-0.39, 0.29) is 17.9 Å². The molecule has 2 bridgehead atoms. The van der Waals surface area contributed by atoms with E-state index in [4.69, 9.17) is 4.74 Å². The molecule has 1 amide bonds. The number of ether oxygens (including phenoxy) is 1. The molecule has 0 radical (unpaired) electrons. The van der Waals surface area contributed by atoms with Crippen LogP contribution in [-0.4, -0.2) is 66.5 Å². The third-order valence-electron chi connectivity index (χ3n) is 5.20. The minimum atomic E-state index is -0.473. The average Bonchev–Trinajstić information content (AvgIpc) is 3.18. The molecule has 2 fully saturated rings. The van der Waals surface area contributed by atoms with Crippen molar-refractivity contribution in [3.8, 4) is 0 Å². The molecular formula is C22H31N3O3. The fraction of sp³-hybridized carbons (Fsp3) is 0.545. The number of anilines is 1. The Bertz CT molecular complexity index is 795. The predicted molar refractivity (Wildman–Crippen MR) is 111 cm³/mol. The first-order valence-electron chi connectivity index (χ1n) is 9.81. The van der Waals surface area contributed by atoms with E-state index in [1.165, 1.54) is 0 Å². The van der Waals surface area contributed by atoms with Crippen LogP contribution in [0, 0.1) is 6.92 Å². The van der Waals surface area contributed by atoms with Gasteiger partial charge in [0.1, 0.15) is 5.60 Å². The number of likely N-dealkylation sites (tertiary alicyclic amines) is 1. The fourth-order valence-electron chi connectivity index (χ4n) is 3.94. The van der Waals surface area contributed by atoms with Crippen LogP contribution in [0.2, 0.25) is 0 Å². The van der Waals surface area contributed by atoms with E-state index < -0.39 is 5.60 Å². The van der Waals surface area contributed by atoms with E-state index in [2.05, 4.69) is 11.0 Å². The van der Waals surface area contributed by atoms with Crippen molar-refractivity contribution in [1.82, 2.24) is 9.80 Å². The number of benzene rings is 1. The van der Waals surface area contributed by atoms with Crippen molar-refractivity contribution >= 4 is 17.6 Å². The summed E-state index contributed by atoms with van der Waals surface area (Å²) in [5.74, 6) is 0.0109. The Hall–Kier alpha value is -2.50. The summed E-state index contributed by atoms with van der Waals surface area (Å²) >= 11 is 0. The number of fused-ring (bicyclic) bond motifs is 2. The van der Waals surface area contributed by atoms with Crippen LogP contribution >= 0.6 is 0 Å². The number of amides is 1. The van der Waals surface area contributed by atoms with Gasteiger partial charge in [-0.05, 0) is 57.9 Å². The van der Waals surface area contributed by atoms with E-state index >= 15 is 0 Å². The van der Waals surface area contributed by atoms with Gasteiger partial charge in [-0.25, -0.2) is 4.79 Å². The van der Waals surface area contributed by atoms with Gasteiger partial charge < -0.3 is 19.4 Å². The minimum absolute atomic E-state index is 0.0109. The summed E-state index contributed by atoms with van der Waals surface area (Å²) in [5, 5.41) is 0. The van der Waals surface area contributed by atoms with Crippen molar-refractivity contribution in [1.29, 1.82) is 0 Å². The minimum Gasteiger partial charge on any atom is -0.444 e. The molecular weight excluding hydrogens is 354 g/mol. The first kappa shape index (κ1) is 20.2. The summed E-state index contributed by atoms with van der Waals surface area (Å²) in [6.07, 6.45) is 4.10. The maximum Gasteiger partial charge on any atom is 0.410 e. The van der Waals surface area contributed by atoms with Gasteiger partial charge >= 0.3 is 6.09 Å². The molecule has 152 valence electrons. The molecule has 2 heterocycles. The number of ketones is 1. The molecule has 1 aromatic rings. The van der Waals surface area contributed by atoms with Crippen molar-refractivity contribution in [2.24, 2.45) is 0 Å². The van der Waals surface area contributed by atoms with Gasteiger partial charge in [-0.15, -0.1) is 0 Å². The number of hydrogen-bond acceptors (Lipinski definition) is 5. The summed E-state index contributed by atoms with van der Waals surface area (Å²) < 4.78 is 5.54. The number of carbonyl (C=O) groups is 2. The Morgan fingerprint density at radius 3 is 2.43 bits per heavy atom. The Morgan fingerprint density at radius 2 is 1.89 bits per heavy atom. The number of piperazine rings is 1. The summed E-state index contributed by atoms with van der Waals surface area (Å²) in [5.41, 5.74) is 2.33. The quantitative estimate of drug-likeness (QED) is 0.587. The molecule has 0 spiro atoms. The Morgan fingerprint density at radius 1 is 1.18 bits per heavy atom. The molecule has 2 unspecified atom stereocenters. The molecule has 3 rings (SSSR count). The van der Waals surface area contributed by atoms with E-state index in [0.717, 1.165) is 29.8 Å². The second kappa shape index (κ2) is 7.49. The Labute approximate surface area is 167 Å². The van der Waals surface area contributed by atoms with Crippen LogP contribution in [0.25, 0.3) is 0 Å². The molecule has 2 aliphatic heterocycles. The average molecular weight is 386 g/mol. The molecule has 0 N–H and O–H groups in total. The van der Waals surface area contributed by atoms with Gasteiger partial charge in [0.15, 0.2) is 5.78 Å². The Balaban J connectivity index is 1.68. The second-order valence-corrected chi connectivity index (χ2v) is 8.97. The molecule has 2 atom stereocenters. The monoisotopic (exact) mass is 385 g/mol. The van der Waals surface area contributed by atoms with E-state index in [9.17, 15) is 9.59 Å². The predicted octanol–water partition coefficient (Wildman–Crippen LogP) is 3.45. The molecule has 0 saturated carbocycles. The highest BCUT2D eigenvalue weighted by molar-refractivity contribution is 6.05. The fourth-order valence-corrected chi connectivity index (χ4v) is 3.94. The summed E-state index contributed by atoms with van der Waals surface area (Å²) in [6, 6.07) is 6.49. The number of aryl methyl sites for hydroxylation is 1. The smallest absolute Gasteiger partial charge is 0.410 e. The lowest BCUT2D eigenvalue weighted by Crippen LogP contribution is -2.50. The second-order valence-electron chi connectivity index (χ2n) is 8.97. The van der Waals surface area contributed by atoms with Gasteiger partial charge in [-0.2, -0.15) is 0 Å². The molecule has 2 saturated heterocycles. The van der Waals surface area contributed by atoms with Crippen LogP contribution in [0.1, 0.15) is 43.1 Å². The van der Waals surface area contributed by atoms with Gasteiger partial charge in [0.25, 0.3) is 0 Å². The normalized spacial score (nSPS) is 21.5. The summed E-state index contributed by atoms with van der Waals surface area (Å²) in [7, 11) is 3.78.